The number of hydrogen-bond acceptors (Lipinski definition) is 5. The molecule has 2 rings (SSSR count). The fraction of sp³-hybridized carbons (Fsp3) is 0.600. The van der Waals surface area contributed by atoms with Gasteiger partial charge >= 0.3 is 0 Å². The van der Waals surface area contributed by atoms with Crippen molar-refractivity contribution in [1.29, 1.82) is 0 Å². The molecule has 1 heterocycles. The van der Waals surface area contributed by atoms with Gasteiger partial charge in [-0.25, -0.2) is 0 Å². The van der Waals surface area contributed by atoms with Gasteiger partial charge < -0.3 is 24.1 Å². The third-order valence-corrected chi connectivity index (χ3v) is 3.57. The summed E-state index contributed by atoms with van der Waals surface area (Å²) < 4.78 is 22.1. The van der Waals surface area contributed by atoms with Gasteiger partial charge in [0.15, 0.2) is 6.29 Å². The van der Waals surface area contributed by atoms with Crippen LogP contribution in [-0.4, -0.2) is 50.0 Å². The number of methoxy groups -OCH3 is 2. The molecular formula is C15H22O5. The Hall–Kier alpha value is -0.980. The first-order valence-electron chi connectivity index (χ1n) is 6.72. The van der Waals surface area contributed by atoms with Crippen molar-refractivity contribution in [2.75, 3.05) is 14.2 Å². The highest BCUT2D eigenvalue weighted by molar-refractivity contribution is 5.13. The molecule has 1 saturated heterocycles. The van der Waals surface area contributed by atoms with Crippen LogP contribution in [0.25, 0.3) is 0 Å². The number of aliphatic hydroxyl groups excluding tert-OH is 1. The first-order valence-corrected chi connectivity index (χ1v) is 6.72. The summed E-state index contributed by atoms with van der Waals surface area (Å²) in [5.74, 6) is 0. The van der Waals surface area contributed by atoms with Gasteiger partial charge in [0.25, 0.3) is 0 Å². The summed E-state index contributed by atoms with van der Waals surface area (Å²) in [5, 5.41) is 9.86. The third kappa shape index (κ3) is 3.37. The van der Waals surface area contributed by atoms with Crippen LogP contribution < -0.4 is 0 Å². The highest BCUT2D eigenvalue weighted by atomic mass is 16.7. The minimum atomic E-state index is -1.00. The molecule has 112 valence electrons. The number of benzene rings is 1. The average Bonchev–Trinajstić information content (AvgIpc) is 2.46. The van der Waals surface area contributed by atoms with Crippen molar-refractivity contribution in [2.24, 2.45) is 0 Å². The van der Waals surface area contributed by atoms with Crippen LogP contribution in [0.2, 0.25) is 0 Å². The first-order chi connectivity index (χ1) is 9.67. The largest absolute Gasteiger partial charge is 0.376 e. The zero-order chi connectivity index (χ0) is 14.5. The predicted octanol–water partition coefficient (Wildman–Crippen LogP) is 1.34. The van der Waals surface area contributed by atoms with E-state index in [0.717, 1.165) is 5.56 Å². The van der Waals surface area contributed by atoms with Gasteiger partial charge in [-0.05, 0) is 12.5 Å². The molecule has 1 aromatic rings. The van der Waals surface area contributed by atoms with Gasteiger partial charge in [0.2, 0.25) is 0 Å². The molecule has 0 spiro atoms. The summed E-state index contributed by atoms with van der Waals surface area (Å²) in [7, 11) is 3.10. The van der Waals surface area contributed by atoms with Crippen LogP contribution in [0.1, 0.15) is 12.5 Å². The molecule has 0 unspecified atom stereocenters. The zero-order valence-electron chi connectivity index (χ0n) is 12.1. The maximum absolute atomic E-state index is 9.86. The van der Waals surface area contributed by atoms with Gasteiger partial charge in [-0.15, -0.1) is 0 Å². The second-order valence-electron chi connectivity index (χ2n) is 4.89. The topological polar surface area (TPSA) is 57.2 Å². The molecule has 0 amide bonds. The van der Waals surface area contributed by atoms with E-state index in [4.69, 9.17) is 18.9 Å². The Kier molecular flexibility index (Phi) is 5.51. The summed E-state index contributed by atoms with van der Waals surface area (Å²) >= 11 is 0. The predicted molar refractivity (Wildman–Crippen MR) is 73.2 cm³/mol. The van der Waals surface area contributed by atoms with E-state index in [-0.39, 0.29) is 18.3 Å². The number of hydrogen-bond donors (Lipinski definition) is 1. The summed E-state index contributed by atoms with van der Waals surface area (Å²) in [4.78, 5) is 0. The zero-order valence-corrected chi connectivity index (χ0v) is 12.1. The molecule has 1 aliphatic heterocycles. The van der Waals surface area contributed by atoms with E-state index in [1.54, 1.807) is 7.11 Å². The van der Waals surface area contributed by atoms with Gasteiger partial charge in [0.05, 0.1) is 12.7 Å². The second-order valence-corrected chi connectivity index (χ2v) is 4.89. The van der Waals surface area contributed by atoms with Crippen molar-refractivity contribution in [3.63, 3.8) is 0 Å². The van der Waals surface area contributed by atoms with Crippen LogP contribution >= 0.6 is 0 Å². The molecule has 5 nitrogen and oxygen atoms in total. The average molecular weight is 282 g/mol. The van der Waals surface area contributed by atoms with E-state index in [9.17, 15) is 5.11 Å². The summed E-state index contributed by atoms with van der Waals surface area (Å²) in [6.07, 6.45) is -2.51. The fourth-order valence-corrected chi connectivity index (χ4v) is 2.51. The monoisotopic (exact) mass is 282 g/mol. The lowest BCUT2D eigenvalue weighted by molar-refractivity contribution is -0.296. The van der Waals surface area contributed by atoms with Crippen molar-refractivity contribution in [3.05, 3.63) is 35.9 Å². The first kappa shape index (κ1) is 15.4. The van der Waals surface area contributed by atoms with Crippen molar-refractivity contribution in [3.8, 4) is 0 Å². The van der Waals surface area contributed by atoms with Crippen LogP contribution in [0.5, 0.6) is 0 Å². The lowest BCUT2D eigenvalue weighted by Crippen LogP contribution is -2.58. The molecule has 0 aliphatic carbocycles. The normalized spacial score (nSPS) is 34.1. The van der Waals surface area contributed by atoms with Crippen LogP contribution in [0.4, 0.5) is 0 Å². The second kappa shape index (κ2) is 7.15. The molecule has 0 saturated carbocycles. The Morgan fingerprint density at radius 2 is 1.70 bits per heavy atom. The minimum absolute atomic E-state index is 0.273. The van der Waals surface area contributed by atoms with Gasteiger partial charge in [0.1, 0.15) is 18.3 Å². The molecule has 0 bridgehead atoms. The Bertz CT molecular complexity index is 397. The standard InChI is InChI=1S/C15H22O5/c1-10-12(19-9-11-7-5-4-6-8-11)13(17-2)14(18-3)15(16)20-10/h4-8,10,12-16H,9H2,1-3H3/t10-,12-,13+,14-,15+/m1/s1. The van der Waals surface area contributed by atoms with Crippen molar-refractivity contribution in [2.45, 2.75) is 44.2 Å². The van der Waals surface area contributed by atoms with Gasteiger partial charge in [-0.2, -0.15) is 0 Å². The highest BCUT2D eigenvalue weighted by Gasteiger charge is 2.45. The van der Waals surface area contributed by atoms with Crippen molar-refractivity contribution in [1.82, 2.24) is 0 Å². The summed E-state index contributed by atoms with van der Waals surface area (Å²) in [5.41, 5.74) is 1.08. The molecule has 5 heteroatoms. The number of ether oxygens (including phenoxy) is 4. The molecule has 1 aliphatic rings. The van der Waals surface area contributed by atoms with Crippen LogP contribution in [0, 0.1) is 0 Å². The van der Waals surface area contributed by atoms with Crippen LogP contribution in [0.15, 0.2) is 30.3 Å². The van der Waals surface area contributed by atoms with Crippen LogP contribution in [-0.2, 0) is 25.6 Å². The van der Waals surface area contributed by atoms with Gasteiger partial charge in [-0.1, -0.05) is 30.3 Å². The number of rotatable bonds is 5. The van der Waals surface area contributed by atoms with E-state index in [1.807, 2.05) is 37.3 Å². The Morgan fingerprint density at radius 1 is 1.05 bits per heavy atom. The quantitative estimate of drug-likeness (QED) is 0.883. The maximum Gasteiger partial charge on any atom is 0.184 e. The fourth-order valence-electron chi connectivity index (χ4n) is 2.51. The molecular weight excluding hydrogens is 260 g/mol. The molecule has 1 N–H and O–H groups in total. The molecule has 0 aromatic heterocycles. The summed E-state index contributed by atoms with van der Waals surface area (Å²) in [6.45, 7) is 2.32. The lowest BCUT2D eigenvalue weighted by atomic mass is 9.99. The molecule has 5 atom stereocenters. The van der Waals surface area contributed by atoms with E-state index >= 15 is 0 Å². The van der Waals surface area contributed by atoms with E-state index in [0.29, 0.717) is 6.61 Å². The van der Waals surface area contributed by atoms with E-state index in [2.05, 4.69) is 0 Å². The molecule has 0 radical (unpaired) electrons. The van der Waals surface area contributed by atoms with Crippen LogP contribution in [0.3, 0.4) is 0 Å². The Morgan fingerprint density at radius 3 is 2.30 bits per heavy atom. The molecule has 1 aromatic carbocycles. The van der Waals surface area contributed by atoms with Gasteiger partial charge in [-0.3, -0.25) is 0 Å². The van der Waals surface area contributed by atoms with Crippen molar-refractivity contribution >= 4 is 0 Å². The highest BCUT2D eigenvalue weighted by Crippen LogP contribution is 2.26. The molecule has 20 heavy (non-hydrogen) atoms. The Labute approximate surface area is 119 Å². The minimum Gasteiger partial charge on any atom is -0.376 e. The Balaban J connectivity index is 2.03. The maximum atomic E-state index is 9.86. The smallest absolute Gasteiger partial charge is 0.184 e. The van der Waals surface area contributed by atoms with E-state index in [1.165, 1.54) is 7.11 Å². The van der Waals surface area contributed by atoms with Crippen molar-refractivity contribution < 1.29 is 24.1 Å². The SMILES string of the molecule is CO[C@@H]1[C@@H](OC)[C@@H](O)O[C@H](C)[C@H]1OCc1ccccc1. The van der Waals surface area contributed by atoms with E-state index < -0.39 is 12.4 Å². The lowest BCUT2D eigenvalue weighted by Gasteiger charge is -2.42. The number of aliphatic hydroxyl groups is 1. The summed E-state index contributed by atoms with van der Waals surface area (Å²) in [6, 6.07) is 9.90. The van der Waals surface area contributed by atoms with Gasteiger partial charge in [0, 0.05) is 14.2 Å². The molecule has 1 fully saturated rings. The third-order valence-electron chi connectivity index (χ3n) is 3.57.